The lowest BCUT2D eigenvalue weighted by molar-refractivity contribution is -0.264. The third kappa shape index (κ3) is 4.31. The minimum absolute atomic E-state index is 0.0288. The number of hydrogen-bond acceptors (Lipinski definition) is 6. The number of rotatable bonds is 5. The van der Waals surface area contributed by atoms with Crippen molar-refractivity contribution in [3.63, 3.8) is 0 Å². The Morgan fingerprint density at radius 2 is 1.60 bits per heavy atom. The van der Waals surface area contributed by atoms with Gasteiger partial charge in [-0.15, -0.1) is 0 Å². The van der Waals surface area contributed by atoms with Crippen LogP contribution < -0.4 is 0 Å². The van der Waals surface area contributed by atoms with Gasteiger partial charge in [-0.05, 0) is 128 Å². The lowest BCUT2D eigenvalue weighted by Gasteiger charge is -2.73. The minimum atomic E-state index is -1.03. The number of hydrogen-bond donors (Lipinski definition) is 4. The average Bonchev–Trinajstić information content (AvgIpc) is 3.32. The molecule has 42 heavy (non-hydrogen) atoms. The molecule has 4 N–H and O–H groups in total. The van der Waals surface area contributed by atoms with E-state index in [4.69, 9.17) is 9.47 Å². The van der Waals surface area contributed by atoms with Crippen LogP contribution >= 0.6 is 0 Å². The van der Waals surface area contributed by atoms with Crippen LogP contribution in [-0.4, -0.2) is 64.3 Å². The molecule has 1 aliphatic heterocycles. The average molecular weight is 589 g/mol. The first kappa shape index (κ1) is 31.5. The fourth-order valence-electron chi connectivity index (χ4n) is 13.0. The normalized spacial score (nSPS) is 55.2. The zero-order valence-electron chi connectivity index (χ0n) is 27.3. The van der Waals surface area contributed by atoms with Crippen molar-refractivity contribution in [3.8, 4) is 0 Å². The van der Waals surface area contributed by atoms with E-state index in [0.717, 1.165) is 32.1 Å². The monoisotopic (exact) mass is 588 g/mol. The summed E-state index contributed by atoms with van der Waals surface area (Å²) < 4.78 is 11.9. The maximum absolute atomic E-state index is 11.0. The lowest BCUT2D eigenvalue weighted by Crippen LogP contribution is -2.67. The molecule has 6 aliphatic rings. The second kappa shape index (κ2) is 10.5. The van der Waals surface area contributed by atoms with E-state index in [1.54, 1.807) is 0 Å². The molecule has 0 aromatic heterocycles. The van der Waals surface area contributed by atoms with Gasteiger partial charge in [0.15, 0.2) is 6.29 Å². The molecule has 0 radical (unpaired) electrons. The van der Waals surface area contributed by atoms with Gasteiger partial charge in [0.2, 0.25) is 0 Å². The van der Waals surface area contributed by atoms with Crippen molar-refractivity contribution in [2.75, 3.05) is 13.2 Å². The van der Waals surface area contributed by atoms with E-state index in [0.29, 0.717) is 36.2 Å². The Labute approximate surface area is 254 Å². The van der Waals surface area contributed by atoms with Crippen molar-refractivity contribution in [2.24, 2.45) is 56.7 Å². The van der Waals surface area contributed by atoms with E-state index < -0.39 is 24.6 Å². The van der Waals surface area contributed by atoms with Gasteiger partial charge in [-0.1, -0.05) is 46.8 Å². The molecule has 240 valence electrons. The van der Waals surface area contributed by atoms with Crippen molar-refractivity contribution in [2.45, 2.75) is 143 Å². The number of allylic oxidation sites excluding steroid dienone is 1. The highest BCUT2D eigenvalue weighted by molar-refractivity contribution is 5.21. The fourth-order valence-corrected chi connectivity index (χ4v) is 13.0. The van der Waals surface area contributed by atoms with Crippen molar-refractivity contribution in [1.82, 2.24) is 0 Å². The topological polar surface area (TPSA) is 99.4 Å². The molecular weight excluding hydrogens is 528 g/mol. The van der Waals surface area contributed by atoms with Crippen LogP contribution in [-0.2, 0) is 9.47 Å². The first-order chi connectivity index (χ1) is 19.6. The van der Waals surface area contributed by atoms with E-state index >= 15 is 0 Å². The number of ether oxygens (including phenoxy) is 2. The van der Waals surface area contributed by atoms with E-state index in [1.807, 2.05) is 0 Å². The summed E-state index contributed by atoms with van der Waals surface area (Å²) in [4.78, 5) is 0. The predicted octanol–water partition coefficient (Wildman–Crippen LogP) is 5.85. The summed E-state index contributed by atoms with van der Waals surface area (Å²) in [6, 6.07) is 0. The van der Waals surface area contributed by atoms with E-state index in [1.165, 1.54) is 37.7 Å². The van der Waals surface area contributed by atoms with Crippen LogP contribution in [0.3, 0.4) is 0 Å². The van der Waals surface area contributed by atoms with Crippen LogP contribution in [0.4, 0.5) is 0 Å². The summed E-state index contributed by atoms with van der Waals surface area (Å²) in [5, 5.41) is 41.9. The van der Waals surface area contributed by atoms with Crippen molar-refractivity contribution in [3.05, 3.63) is 12.2 Å². The predicted molar refractivity (Wildman–Crippen MR) is 163 cm³/mol. The molecular formula is C36H60O6. The standard InChI is InChI=1S/C36H60O6/c1-21(2)22-10-15-36(20-41-24-18-29(39)42-25(19-37)31(24)40)17-16-34(6)23(30(22)36)8-9-27-33(5)13-12-28(38)32(3,4)26(33)11-14-35(27,34)7/h22-31,37-40H,1,8-20H2,2-7H3/t22-,23+,24+,25+,26-,27+,28?,29?,30+,31+,33-,34+,35+,36+/m0/s1. The van der Waals surface area contributed by atoms with E-state index in [-0.39, 0.29) is 46.2 Å². The molecule has 5 aliphatic carbocycles. The highest BCUT2D eigenvalue weighted by Crippen LogP contribution is 2.77. The Hall–Kier alpha value is -0.500. The molecule has 1 heterocycles. The molecule has 14 atom stereocenters. The van der Waals surface area contributed by atoms with E-state index in [9.17, 15) is 20.4 Å². The molecule has 6 heteroatoms. The number of fused-ring (bicyclic) bond motifs is 7. The Morgan fingerprint density at radius 3 is 2.29 bits per heavy atom. The first-order valence-electron chi connectivity index (χ1n) is 17.2. The molecule has 6 rings (SSSR count). The highest BCUT2D eigenvalue weighted by atomic mass is 16.6. The molecule has 6 nitrogen and oxygen atoms in total. The quantitative estimate of drug-likeness (QED) is 0.301. The summed E-state index contributed by atoms with van der Waals surface area (Å²) in [7, 11) is 0. The molecule has 0 bridgehead atoms. The van der Waals surface area contributed by atoms with Gasteiger partial charge in [0.1, 0.15) is 12.2 Å². The van der Waals surface area contributed by atoms with Crippen LogP contribution in [0.1, 0.15) is 112 Å². The Balaban J connectivity index is 1.30. The van der Waals surface area contributed by atoms with Gasteiger partial charge < -0.3 is 29.9 Å². The molecule has 1 saturated heterocycles. The van der Waals surface area contributed by atoms with Crippen LogP contribution in [0, 0.1) is 56.7 Å². The molecule has 0 aromatic carbocycles. The highest BCUT2D eigenvalue weighted by Gasteiger charge is 2.71. The molecule has 5 saturated carbocycles. The third-order valence-corrected chi connectivity index (χ3v) is 15.5. The van der Waals surface area contributed by atoms with Gasteiger partial charge in [-0.2, -0.15) is 0 Å². The van der Waals surface area contributed by atoms with Crippen molar-refractivity contribution < 1.29 is 29.9 Å². The summed E-state index contributed by atoms with van der Waals surface area (Å²) >= 11 is 0. The SMILES string of the molecule is C=C(C)[C@@H]1CC[C@]2(CO[C@@H]3CC(O)O[C@H](CO)[C@@H]3O)CC[C@]3(C)[C@H](CC[C@@H]4[C@@]5(C)CCC(O)C(C)(C)[C@@H]5CC[C@]43C)[C@@H]12. The smallest absolute Gasteiger partial charge is 0.157 e. The first-order valence-corrected chi connectivity index (χ1v) is 17.2. The van der Waals surface area contributed by atoms with E-state index in [2.05, 4.69) is 48.1 Å². The lowest BCUT2D eigenvalue weighted by atomic mass is 9.32. The summed E-state index contributed by atoms with van der Waals surface area (Å²) in [5.41, 5.74) is 2.11. The maximum atomic E-state index is 11.0. The second-order valence-corrected chi connectivity index (χ2v) is 17.3. The molecule has 2 unspecified atom stereocenters. The number of aliphatic hydroxyl groups excluding tert-OH is 4. The Morgan fingerprint density at radius 1 is 0.857 bits per heavy atom. The molecule has 0 amide bonds. The molecule has 6 fully saturated rings. The molecule has 0 spiro atoms. The fraction of sp³-hybridized carbons (Fsp3) is 0.944. The van der Waals surface area contributed by atoms with Crippen LogP contribution in [0.5, 0.6) is 0 Å². The zero-order valence-corrected chi connectivity index (χ0v) is 27.3. The Kier molecular flexibility index (Phi) is 7.89. The van der Waals surface area contributed by atoms with Gasteiger partial charge in [0.05, 0.1) is 25.4 Å². The maximum Gasteiger partial charge on any atom is 0.157 e. The van der Waals surface area contributed by atoms with Gasteiger partial charge >= 0.3 is 0 Å². The largest absolute Gasteiger partial charge is 0.394 e. The van der Waals surface area contributed by atoms with Gasteiger partial charge in [-0.3, -0.25) is 0 Å². The van der Waals surface area contributed by atoms with Gasteiger partial charge in [0.25, 0.3) is 0 Å². The minimum Gasteiger partial charge on any atom is -0.394 e. The van der Waals surface area contributed by atoms with Crippen LogP contribution in [0.2, 0.25) is 0 Å². The summed E-state index contributed by atoms with van der Waals surface area (Å²) in [5.74, 6) is 2.86. The molecule has 0 aromatic rings. The summed E-state index contributed by atoms with van der Waals surface area (Å²) in [6.07, 6.45) is 8.41. The van der Waals surface area contributed by atoms with Gasteiger partial charge in [0, 0.05) is 6.42 Å². The van der Waals surface area contributed by atoms with Crippen molar-refractivity contribution in [1.29, 1.82) is 0 Å². The third-order valence-electron chi connectivity index (χ3n) is 15.5. The second-order valence-electron chi connectivity index (χ2n) is 17.3. The van der Waals surface area contributed by atoms with Crippen LogP contribution in [0.25, 0.3) is 0 Å². The van der Waals surface area contributed by atoms with Gasteiger partial charge in [-0.25, -0.2) is 0 Å². The van der Waals surface area contributed by atoms with Crippen molar-refractivity contribution >= 4 is 0 Å². The Bertz CT molecular complexity index is 1040. The summed E-state index contributed by atoms with van der Waals surface area (Å²) in [6.45, 7) is 19.6. The zero-order chi connectivity index (χ0) is 30.5. The number of aliphatic hydroxyl groups is 4. The van der Waals surface area contributed by atoms with Crippen LogP contribution in [0.15, 0.2) is 12.2 Å².